The molecule has 6 heteroatoms. The van der Waals surface area contributed by atoms with Crippen LogP contribution < -0.4 is 4.72 Å². The number of halogens is 2. The monoisotopic (exact) mass is 321 g/mol. The summed E-state index contributed by atoms with van der Waals surface area (Å²) in [6, 6.07) is 6.28. The van der Waals surface area contributed by atoms with Gasteiger partial charge in [-0.1, -0.05) is 24.1 Å². The van der Waals surface area contributed by atoms with Crippen molar-refractivity contribution in [2.24, 2.45) is 5.92 Å². The Morgan fingerprint density at radius 3 is 2.79 bits per heavy atom. The third-order valence-electron chi connectivity index (χ3n) is 3.39. The second-order valence-electron chi connectivity index (χ2n) is 4.94. The van der Waals surface area contributed by atoms with E-state index >= 15 is 0 Å². The average Bonchev–Trinajstić information content (AvgIpc) is 2.37. The van der Waals surface area contributed by atoms with Gasteiger partial charge in [0.25, 0.3) is 0 Å². The predicted octanol–water partition coefficient (Wildman–Crippen LogP) is 3.42. The maximum absolute atomic E-state index is 12.1. The minimum atomic E-state index is -3.48. The van der Waals surface area contributed by atoms with Crippen LogP contribution in [0.25, 0.3) is 0 Å². The summed E-state index contributed by atoms with van der Waals surface area (Å²) in [6.45, 7) is 0.443. The molecule has 0 aromatic heterocycles. The summed E-state index contributed by atoms with van der Waals surface area (Å²) in [7, 11) is -3.48. The summed E-state index contributed by atoms with van der Waals surface area (Å²) in [4.78, 5) is 0.207. The molecule has 1 N–H and O–H groups in total. The molecule has 1 aromatic carbocycles. The molecular weight excluding hydrogens is 305 g/mol. The molecule has 0 radical (unpaired) electrons. The zero-order valence-corrected chi connectivity index (χ0v) is 12.8. The van der Waals surface area contributed by atoms with Crippen LogP contribution in [0.15, 0.2) is 29.2 Å². The molecule has 19 heavy (non-hydrogen) atoms. The van der Waals surface area contributed by atoms with E-state index in [-0.39, 0.29) is 10.3 Å². The summed E-state index contributed by atoms with van der Waals surface area (Å²) in [6.07, 6.45) is 4.00. The van der Waals surface area contributed by atoms with Gasteiger partial charge in [0.2, 0.25) is 10.0 Å². The minimum Gasteiger partial charge on any atom is -0.211 e. The molecule has 0 aliphatic heterocycles. The van der Waals surface area contributed by atoms with Gasteiger partial charge in [0.1, 0.15) is 0 Å². The molecule has 2 rings (SSSR count). The van der Waals surface area contributed by atoms with Gasteiger partial charge in [0.05, 0.1) is 4.90 Å². The van der Waals surface area contributed by atoms with Crippen molar-refractivity contribution in [3.8, 4) is 0 Å². The van der Waals surface area contributed by atoms with Crippen LogP contribution in [0.1, 0.15) is 25.7 Å². The highest BCUT2D eigenvalue weighted by Gasteiger charge is 2.22. The first-order valence-electron chi connectivity index (χ1n) is 6.36. The van der Waals surface area contributed by atoms with E-state index in [0.29, 0.717) is 17.5 Å². The lowest BCUT2D eigenvalue weighted by atomic mass is 9.89. The van der Waals surface area contributed by atoms with Crippen molar-refractivity contribution in [2.75, 3.05) is 6.54 Å². The first-order chi connectivity index (χ1) is 8.97. The van der Waals surface area contributed by atoms with Crippen LogP contribution in [0.4, 0.5) is 0 Å². The second-order valence-corrected chi connectivity index (χ2v) is 7.76. The van der Waals surface area contributed by atoms with Crippen molar-refractivity contribution in [1.29, 1.82) is 0 Å². The molecule has 2 atom stereocenters. The Bertz CT molecular complexity index is 533. The molecule has 106 valence electrons. The largest absolute Gasteiger partial charge is 0.240 e. The van der Waals surface area contributed by atoms with Gasteiger partial charge in [-0.3, -0.25) is 0 Å². The van der Waals surface area contributed by atoms with E-state index in [2.05, 4.69) is 4.72 Å². The molecule has 0 heterocycles. The lowest BCUT2D eigenvalue weighted by molar-refractivity contribution is 0.361. The summed E-state index contributed by atoms with van der Waals surface area (Å²) in [5, 5.41) is 0.593. The standard InChI is InChI=1S/C13H17Cl2NO2S/c14-11-4-1-3-10(7-11)9-16-19(17,18)13-6-2-5-12(15)8-13/h2,5-6,8,10-11,16H,1,3-4,7,9H2. The smallest absolute Gasteiger partial charge is 0.211 e. The Morgan fingerprint density at radius 2 is 2.11 bits per heavy atom. The van der Waals surface area contributed by atoms with Crippen LogP contribution in [0.2, 0.25) is 5.02 Å². The second kappa shape index (κ2) is 6.44. The molecule has 0 bridgehead atoms. The lowest BCUT2D eigenvalue weighted by Gasteiger charge is -2.25. The van der Waals surface area contributed by atoms with Crippen molar-refractivity contribution in [3.63, 3.8) is 0 Å². The maximum Gasteiger partial charge on any atom is 0.240 e. The van der Waals surface area contributed by atoms with Crippen molar-refractivity contribution in [3.05, 3.63) is 29.3 Å². The number of benzene rings is 1. The van der Waals surface area contributed by atoms with Gasteiger partial charge in [-0.15, -0.1) is 11.6 Å². The van der Waals surface area contributed by atoms with Crippen molar-refractivity contribution in [2.45, 2.75) is 36.0 Å². The van der Waals surface area contributed by atoms with Crippen LogP contribution in [0.3, 0.4) is 0 Å². The van der Waals surface area contributed by atoms with E-state index in [1.165, 1.54) is 6.07 Å². The molecule has 2 unspecified atom stereocenters. The van der Waals surface area contributed by atoms with Gasteiger partial charge >= 0.3 is 0 Å². The van der Waals surface area contributed by atoms with Gasteiger partial charge in [0.15, 0.2) is 0 Å². The van der Waals surface area contributed by atoms with E-state index in [0.717, 1.165) is 25.7 Å². The highest BCUT2D eigenvalue weighted by molar-refractivity contribution is 7.89. The minimum absolute atomic E-state index is 0.175. The molecule has 1 aliphatic carbocycles. The van der Waals surface area contributed by atoms with Gasteiger partial charge in [-0.05, 0) is 43.4 Å². The fourth-order valence-corrected chi connectivity index (χ4v) is 4.18. The molecule has 1 saturated carbocycles. The van der Waals surface area contributed by atoms with Crippen LogP contribution in [-0.4, -0.2) is 20.3 Å². The van der Waals surface area contributed by atoms with E-state index in [4.69, 9.17) is 23.2 Å². The molecule has 3 nitrogen and oxygen atoms in total. The predicted molar refractivity (Wildman–Crippen MR) is 78.2 cm³/mol. The van der Waals surface area contributed by atoms with Crippen LogP contribution in [0, 0.1) is 5.92 Å². The Kier molecular flexibility index (Phi) is 5.12. The fraction of sp³-hybridized carbons (Fsp3) is 0.538. The van der Waals surface area contributed by atoms with Crippen molar-refractivity contribution in [1.82, 2.24) is 4.72 Å². The number of hydrogen-bond donors (Lipinski definition) is 1. The number of sulfonamides is 1. The topological polar surface area (TPSA) is 46.2 Å². The number of rotatable bonds is 4. The molecule has 1 fully saturated rings. The van der Waals surface area contributed by atoms with Gasteiger partial charge in [-0.25, -0.2) is 13.1 Å². The molecule has 0 amide bonds. The number of alkyl halides is 1. The Balaban J connectivity index is 1.98. The van der Waals surface area contributed by atoms with Crippen LogP contribution in [0.5, 0.6) is 0 Å². The first kappa shape index (κ1) is 15.1. The highest BCUT2D eigenvalue weighted by atomic mass is 35.5. The van der Waals surface area contributed by atoms with Crippen LogP contribution in [-0.2, 0) is 10.0 Å². The summed E-state index contributed by atoms with van der Waals surface area (Å²) < 4.78 is 26.9. The van der Waals surface area contributed by atoms with Crippen LogP contribution >= 0.6 is 23.2 Å². The maximum atomic E-state index is 12.1. The zero-order valence-electron chi connectivity index (χ0n) is 10.5. The Morgan fingerprint density at radius 1 is 1.32 bits per heavy atom. The first-order valence-corrected chi connectivity index (χ1v) is 8.66. The molecule has 1 aliphatic rings. The average molecular weight is 322 g/mol. The Hall–Kier alpha value is -0.290. The molecule has 0 spiro atoms. The van der Waals surface area contributed by atoms with E-state index in [1.54, 1.807) is 18.2 Å². The van der Waals surface area contributed by atoms with E-state index < -0.39 is 10.0 Å². The van der Waals surface area contributed by atoms with Crippen molar-refractivity contribution < 1.29 is 8.42 Å². The van der Waals surface area contributed by atoms with Gasteiger partial charge in [0, 0.05) is 16.9 Å². The summed E-state index contributed by atoms with van der Waals surface area (Å²) in [5.74, 6) is 0.324. The highest BCUT2D eigenvalue weighted by Crippen LogP contribution is 2.27. The summed E-state index contributed by atoms with van der Waals surface area (Å²) >= 11 is 11.9. The fourth-order valence-electron chi connectivity index (χ4n) is 2.36. The quantitative estimate of drug-likeness (QED) is 0.864. The van der Waals surface area contributed by atoms with E-state index in [1.807, 2.05) is 0 Å². The molecule has 0 saturated heterocycles. The van der Waals surface area contributed by atoms with E-state index in [9.17, 15) is 8.42 Å². The number of hydrogen-bond acceptors (Lipinski definition) is 2. The lowest BCUT2D eigenvalue weighted by Crippen LogP contribution is -2.32. The third kappa shape index (κ3) is 4.35. The molecular formula is C13H17Cl2NO2S. The molecule has 1 aromatic rings. The SMILES string of the molecule is O=S(=O)(NCC1CCCC(Cl)C1)c1cccc(Cl)c1. The zero-order chi connectivity index (χ0) is 13.9. The Labute approximate surface area is 124 Å². The normalized spacial score (nSPS) is 24.3. The number of nitrogens with one attached hydrogen (secondary N) is 1. The van der Waals surface area contributed by atoms with Gasteiger partial charge < -0.3 is 0 Å². The summed E-state index contributed by atoms with van der Waals surface area (Å²) in [5.41, 5.74) is 0. The van der Waals surface area contributed by atoms with Gasteiger partial charge in [-0.2, -0.15) is 0 Å². The van der Waals surface area contributed by atoms with Crippen molar-refractivity contribution >= 4 is 33.2 Å². The third-order valence-corrected chi connectivity index (χ3v) is 5.44.